The van der Waals surface area contributed by atoms with Crippen LogP contribution in [0.2, 0.25) is 0 Å². The number of methoxy groups -OCH3 is 2. The zero-order valence-corrected chi connectivity index (χ0v) is 12.8. The van der Waals surface area contributed by atoms with E-state index in [9.17, 15) is 4.79 Å². The molecule has 0 unspecified atom stereocenters. The van der Waals surface area contributed by atoms with Crippen molar-refractivity contribution in [2.45, 2.75) is 19.9 Å². The molecule has 0 aliphatic carbocycles. The molecule has 4 nitrogen and oxygen atoms in total. The van der Waals surface area contributed by atoms with Gasteiger partial charge in [0.1, 0.15) is 5.75 Å². The quantitative estimate of drug-likeness (QED) is 0.878. The van der Waals surface area contributed by atoms with Gasteiger partial charge < -0.3 is 15.2 Å². The van der Waals surface area contributed by atoms with Crippen LogP contribution in [0.4, 0.5) is 0 Å². The van der Waals surface area contributed by atoms with Gasteiger partial charge in [0, 0.05) is 11.4 Å². The summed E-state index contributed by atoms with van der Waals surface area (Å²) in [6.07, 6.45) is 0. The number of benzene rings is 2. The van der Waals surface area contributed by atoms with Gasteiger partial charge in [0.2, 0.25) is 0 Å². The number of rotatable bonds is 4. The van der Waals surface area contributed by atoms with Crippen LogP contribution >= 0.6 is 0 Å². The van der Waals surface area contributed by atoms with E-state index in [4.69, 9.17) is 15.2 Å². The van der Waals surface area contributed by atoms with E-state index < -0.39 is 11.5 Å². The Morgan fingerprint density at radius 3 is 2.29 bits per heavy atom. The summed E-state index contributed by atoms with van der Waals surface area (Å²) in [6, 6.07) is 11.2. The highest BCUT2D eigenvalue weighted by Gasteiger charge is 2.37. The Morgan fingerprint density at radius 2 is 1.71 bits per heavy atom. The van der Waals surface area contributed by atoms with Crippen molar-refractivity contribution in [1.29, 1.82) is 0 Å². The van der Waals surface area contributed by atoms with Crippen LogP contribution < -0.4 is 10.5 Å². The lowest BCUT2D eigenvalue weighted by Crippen LogP contribution is -2.37. The molecule has 0 bridgehead atoms. The zero-order chi connectivity index (χ0) is 15.6. The number of esters is 1. The Bertz CT molecular complexity index is 664. The Labute approximate surface area is 124 Å². The van der Waals surface area contributed by atoms with Gasteiger partial charge in [-0.1, -0.05) is 30.3 Å². The van der Waals surface area contributed by atoms with Crippen LogP contribution in [0.3, 0.4) is 0 Å². The molecule has 1 atom stereocenters. The smallest absolute Gasteiger partial charge is 0.313 e. The molecule has 0 aliphatic rings. The van der Waals surface area contributed by atoms with Crippen molar-refractivity contribution in [3.05, 3.63) is 42.0 Å². The van der Waals surface area contributed by atoms with E-state index >= 15 is 0 Å². The topological polar surface area (TPSA) is 61.5 Å². The molecular weight excluding hydrogens is 266 g/mol. The first-order valence-corrected chi connectivity index (χ1v) is 6.83. The summed E-state index contributed by atoms with van der Waals surface area (Å²) >= 11 is 0. The maximum absolute atomic E-state index is 12.0. The molecule has 0 heterocycles. The van der Waals surface area contributed by atoms with Gasteiger partial charge in [0.25, 0.3) is 0 Å². The maximum atomic E-state index is 12.0. The fourth-order valence-electron chi connectivity index (χ4n) is 2.52. The van der Waals surface area contributed by atoms with Crippen molar-refractivity contribution < 1.29 is 14.3 Å². The van der Waals surface area contributed by atoms with E-state index in [0.29, 0.717) is 0 Å². The van der Waals surface area contributed by atoms with Crippen molar-refractivity contribution >= 4 is 16.7 Å². The third kappa shape index (κ3) is 2.59. The van der Waals surface area contributed by atoms with Gasteiger partial charge in [-0.3, -0.25) is 4.79 Å². The number of ether oxygens (including phenoxy) is 2. The second-order valence-electron chi connectivity index (χ2n) is 5.59. The first-order chi connectivity index (χ1) is 9.93. The summed E-state index contributed by atoms with van der Waals surface area (Å²) in [6.45, 7) is 3.59. The van der Waals surface area contributed by atoms with Gasteiger partial charge in [-0.2, -0.15) is 0 Å². The van der Waals surface area contributed by atoms with Crippen LogP contribution in [0.15, 0.2) is 36.4 Å². The molecule has 0 aromatic heterocycles. The summed E-state index contributed by atoms with van der Waals surface area (Å²) < 4.78 is 10.3. The van der Waals surface area contributed by atoms with Crippen molar-refractivity contribution in [2.75, 3.05) is 14.2 Å². The Balaban J connectivity index is 2.60. The van der Waals surface area contributed by atoms with Gasteiger partial charge >= 0.3 is 5.97 Å². The molecule has 21 heavy (non-hydrogen) atoms. The molecule has 0 saturated heterocycles. The monoisotopic (exact) mass is 287 g/mol. The van der Waals surface area contributed by atoms with Crippen LogP contribution in [0.5, 0.6) is 5.75 Å². The molecule has 0 radical (unpaired) electrons. The fourth-order valence-corrected chi connectivity index (χ4v) is 2.52. The zero-order valence-electron chi connectivity index (χ0n) is 12.8. The lowest BCUT2D eigenvalue weighted by molar-refractivity contribution is -0.152. The lowest BCUT2D eigenvalue weighted by atomic mass is 9.79. The standard InChI is InChI=1S/C17H21NO3/c1-17(2,16(19)21-4)15(18)13-9-10-14(20-3)12-8-6-5-7-11(12)13/h5-10,15H,18H2,1-4H3/t15-/m1/s1. The van der Waals surface area contributed by atoms with Crippen LogP contribution in [0.1, 0.15) is 25.5 Å². The fraction of sp³-hybridized carbons (Fsp3) is 0.353. The minimum atomic E-state index is -0.813. The summed E-state index contributed by atoms with van der Waals surface area (Å²) in [5.41, 5.74) is 6.46. The predicted octanol–water partition coefficient (Wildman–Crippen LogP) is 3.05. The summed E-state index contributed by atoms with van der Waals surface area (Å²) in [5.74, 6) is 0.465. The lowest BCUT2D eigenvalue weighted by Gasteiger charge is -2.30. The summed E-state index contributed by atoms with van der Waals surface area (Å²) in [7, 11) is 3.02. The average Bonchev–Trinajstić information content (AvgIpc) is 2.52. The molecule has 0 spiro atoms. The number of hydrogen-bond acceptors (Lipinski definition) is 4. The minimum Gasteiger partial charge on any atom is -0.496 e. The number of carbonyl (C=O) groups is 1. The average molecular weight is 287 g/mol. The number of fused-ring (bicyclic) bond motifs is 1. The first kappa shape index (κ1) is 15.3. The van der Waals surface area contributed by atoms with Gasteiger partial charge in [-0.15, -0.1) is 0 Å². The molecule has 0 saturated carbocycles. The van der Waals surface area contributed by atoms with Crippen molar-refractivity contribution in [3.63, 3.8) is 0 Å². The van der Waals surface area contributed by atoms with Crippen LogP contribution in [0, 0.1) is 5.41 Å². The number of hydrogen-bond donors (Lipinski definition) is 1. The van der Waals surface area contributed by atoms with E-state index in [1.165, 1.54) is 7.11 Å². The largest absolute Gasteiger partial charge is 0.496 e. The van der Waals surface area contributed by atoms with Crippen molar-refractivity contribution in [1.82, 2.24) is 0 Å². The Kier molecular flexibility index (Phi) is 4.19. The van der Waals surface area contributed by atoms with Crippen molar-refractivity contribution in [3.8, 4) is 5.75 Å². The van der Waals surface area contributed by atoms with E-state index in [-0.39, 0.29) is 5.97 Å². The molecular formula is C17H21NO3. The summed E-state index contributed by atoms with van der Waals surface area (Å²) in [5, 5.41) is 1.97. The molecule has 2 rings (SSSR count). The molecule has 2 aromatic rings. The van der Waals surface area contributed by atoms with E-state index in [1.807, 2.05) is 36.4 Å². The van der Waals surface area contributed by atoms with Crippen LogP contribution in [-0.2, 0) is 9.53 Å². The minimum absolute atomic E-state index is 0.324. The Morgan fingerprint density at radius 1 is 1.10 bits per heavy atom. The third-order valence-electron chi connectivity index (χ3n) is 3.96. The van der Waals surface area contributed by atoms with E-state index in [0.717, 1.165) is 22.1 Å². The Hall–Kier alpha value is -2.07. The van der Waals surface area contributed by atoms with Gasteiger partial charge in [0.15, 0.2) is 0 Å². The molecule has 4 heteroatoms. The SMILES string of the molecule is COC(=O)C(C)(C)[C@H](N)c1ccc(OC)c2ccccc12. The van der Waals surface area contributed by atoms with E-state index in [1.54, 1.807) is 21.0 Å². The highest BCUT2D eigenvalue weighted by Crippen LogP contribution is 2.38. The van der Waals surface area contributed by atoms with Crippen LogP contribution in [-0.4, -0.2) is 20.2 Å². The second-order valence-corrected chi connectivity index (χ2v) is 5.59. The van der Waals surface area contributed by atoms with Crippen LogP contribution in [0.25, 0.3) is 10.8 Å². The van der Waals surface area contributed by atoms with Gasteiger partial charge in [-0.05, 0) is 30.9 Å². The molecule has 0 fully saturated rings. The molecule has 112 valence electrons. The predicted molar refractivity (Wildman–Crippen MR) is 83.2 cm³/mol. The number of nitrogens with two attached hydrogens (primary N) is 1. The first-order valence-electron chi connectivity index (χ1n) is 6.83. The highest BCUT2D eigenvalue weighted by atomic mass is 16.5. The molecule has 2 aromatic carbocycles. The normalized spacial score (nSPS) is 13.0. The van der Waals surface area contributed by atoms with Gasteiger partial charge in [-0.25, -0.2) is 0 Å². The molecule has 0 aliphatic heterocycles. The van der Waals surface area contributed by atoms with E-state index in [2.05, 4.69) is 0 Å². The van der Waals surface area contributed by atoms with Crippen molar-refractivity contribution in [2.24, 2.45) is 11.1 Å². The molecule has 2 N–H and O–H groups in total. The number of carbonyl (C=O) groups excluding carboxylic acids is 1. The second kappa shape index (κ2) is 5.74. The molecule has 0 amide bonds. The summed E-state index contributed by atoms with van der Waals surface area (Å²) in [4.78, 5) is 12.0. The van der Waals surface area contributed by atoms with Gasteiger partial charge in [0.05, 0.1) is 19.6 Å². The highest BCUT2D eigenvalue weighted by molar-refractivity contribution is 5.92. The maximum Gasteiger partial charge on any atom is 0.313 e. The third-order valence-corrected chi connectivity index (χ3v) is 3.96.